The zero-order valence-electron chi connectivity index (χ0n) is 15.2. The van der Waals surface area contributed by atoms with E-state index in [1.807, 2.05) is 0 Å². The number of hydrogen-bond acceptors (Lipinski definition) is 3. The number of aliphatic hydroxyl groups is 1. The molecule has 4 fully saturated rings. The number of carbonyl (C=O) groups is 2. The van der Waals surface area contributed by atoms with Gasteiger partial charge in [0.05, 0.1) is 0 Å². The normalized spacial score (nSPS) is 50.8. The lowest BCUT2D eigenvalue weighted by Gasteiger charge is -2.59. The fourth-order valence-corrected chi connectivity index (χ4v) is 7.75. The molecule has 7 atom stereocenters. The Balaban J connectivity index is 1.68. The molecule has 4 rings (SSSR count). The van der Waals surface area contributed by atoms with Crippen LogP contribution < -0.4 is 0 Å². The number of ketones is 2. The molecule has 4 saturated carbocycles. The Bertz CT molecular complexity index is 555. The maximum absolute atomic E-state index is 13.3. The Morgan fingerprint density at radius 3 is 2.62 bits per heavy atom. The molecular formula is C21H32O3. The largest absolute Gasteiger partial charge is 0.389 e. The first-order valence-electron chi connectivity index (χ1n) is 10.1. The van der Waals surface area contributed by atoms with Crippen LogP contribution in [0.1, 0.15) is 71.6 Å². The summed E-state index contributed by atoms with van der Waals surface area (Å²) >= 11 is 0. The summed E-state index contributed by atoms with van der Waals surface area (Å²) in [5.41, 5.74) is 0.00851. The summed E-state index contributed by atoms with van der Waals surface area (Å²) in [5.74, 6) is 2.24. The molecular weight excluding hydrogens is 300 g/mol. The number of Topliss-reactive ketones (excluding diaryl/α,β-unsaturated/α-hetero) is 2. The topological polar surface area (TPSA) is 54.4 Å². The minimum absolute atomic E-state index is 0.0381. The fourth-order valence-electron chi connectivity index (χ4n) is 7.75. The van der Waals surface area contributed by atoms with Crippen molar-refractivity contribution in [2.75, 3.05) is 6.61 Å². The molecule has 0 amide bonds. The maximum Gasteiger partial charge on any atom is 0.161 e. The van der Waals surface area contributed by atoms with Gasteiger partial charge in [-0.15, -0.1) is 0 Å². The summed E-state index contributed by atoms with van der Waals surface area (Å²) in [6, 6.07) is 0. The van der Waals surface area contributed by atoms with Gasteiger partial charge in [0.15, 0.2) is 5.78 Å². The van der Waals surface area contributed by atoms with Gasteiger partial charge in [-0.25, -0.2) is 0 Å². The minimum atomic E-state index is -0.366. The lowest BCUT2D eigenvalue weighted by molar-refractivity contribution is -0.159. The predicted octanol–water partition coefficient (Wildman–Crippen LogP) is 3.78. The number of hydrogen-bond donors (Lipinski definition) is 1. The maximum atomic E-state index is 13.3. The fraction of sp³-hybridized carbons (Fsp3) is 0.905. The van der Waals surface area contributed by atoms with Crippen molar-refractivity contribution >= 4 is 11.6 Å². The SMILES string of the molecule is C[C@]12CCCC[C@H]1CC[C@H]1[C@@H]3CC[C@H](C(=O)CO)[C@@]3(C)CC(=O)[C@@H]12. The van der Waals surface area contributed by atoms with Gasteiger partial charge in [0.1, 0.15) is 12.4 Å². The average Bonchev–Trinajstić information content (AvgIpc) is 2.89. The standard InChI is InChI=1S/C21H32O3/c1-20-10-4-3-5-13(20)6-7-14-15-8-9-16(18(24)12-22)21(15,2)11-17(23)19(14)20/h13-16,19,22H,3-12H2,1-2H3/t13-,14-,15-,16+,19+,20-,21-/m0/s1. The molecule has 3 heteroatoms. The average molecular weight is 332 g/mol. The number of carbonyl (C=O) groups excluding carboxylic acids is 2. The van der Waals surface area contributed by atoms with Crippen molar-refractivity contribution in [3.63, 3.8) is 0 Å². The van der Waals surface area contributed by atoms with Gasteiger partial charge in [0.2, 0.25) is 0 Å². The first-order valence-corrected chi connectivity index (χ1v) is 10.1. The first-order chi connectivity index (χ1) is 11.4. The predicted molar refractivity (Wildman–Crippen MR) is 92.3 cm³/mol. The third-order valence-corrected chi connectivity index (χ3v) is 8.81. The van der Waals surface area contributed by atoms with Crippen LogP contribution in [0.3, 0.4) is 0 Å². The van der Waals surface area contributed by atoms with E-state index in [2.05, 4.69) is 13.8 Å². The van der Waals surface area contributed by atoms with Crippen LogP contribution in [-0.4, -0.2) is 23.3 Å². The molecule has 0 aliphatic heterocycles. The molecule has 134 valence electrons. The van der Waals surface area contributed by atoms with Crippen molar-refractivity contribution in [3.8, 4) is 0 Å². The monoisotopic (exact) mass is 332 g/mol. The summed E-state index contributed by atoms with van der Waals surface area (Å²) in [4.78, 5) is 25.6. The quantitative estimate of drug-likeness (QED) is 0.837. The zero-order chi connectivity index (χ0) is 17.1. The van der Waals surface area contributed by atoms with E-state index in [0.29, 0.717) is 24.0 Å². The van der Waals surface area contributed by atoms with E-state index in [1.165, 1.54) is 38.5 Å². The third-order valence-electron chi connectivity index (χ3n) is 8.81. The van der Waals surface area contributed by atoms with Crippen molar-refractivity contribution in [1.82, 2.24) is 0 Å². The highest BCUT2D eigenvalue weighted by atomic mass is 16.3. The van der Waals surface area contributed by atoms with E-state index in [1.54, 1.807) is 0 Å². The van der Waals surface area contributed by atoms with Crippen LogP contribution in [0.25, 0.3) is 0 Å². The van der Waals surface area contributed by atoms with Gasteiger partial charge >= 0.3 is 0 Å². The van der Waals surface area contributed by atoms with Gasteiger partial charge in [-0.2, -0.15) is 0 Å². The van der Waals surface area contributed by atoms with Crippen molar-refractivity contribution in [3.05, 3.63) is 0 Å². The lowest BCUT2D eigenvalue weighted by Crippen LogP contribution is -2.57. The van der Waals surface area contributed by atoms with Crippen LogP contribution in [0.5, 0.6) is 0 Å². The third kappa shape index (κ3) is 2.12. The van der Waals surface area contributed by atoms with Crippen molar-refractivity contribution in [2.24, 2.45) is 40.4 Å². The highest BCUT2D eigenvalue weighted by Gasteiger charge is 2.63. The van der Waals surface area contributed by atoms with Crippen LogP contribution in [0.15, 0.2) is 0 Å². The summed E-state index contributed by atoms with van der Waals surface area (Å²) in [6.07, 6.45) is 10.1. The van der Waals surface area contributed by atoms with E-state index in [-0.39, 0.29) is 35.1 Å². The molecule has 0 aromatic rings. The van der Waals surface area contributed by atoms with Crippen molar-refractivity contribution < 1.29 is 14.7 Å². The van der Waals surface area contributed by atoms with E-state index >= 15 is 0 Å². The zero-order valence-corrected chi connectivity index (χ0v) is 15.2. The van der Waals surface area contributed by atoms with E-state index in [4.69, 9.17) is 0 Å². The van der Waals surface area contributed by atoms with Crippen LogP contribution in [0.4, 0.5) is 0 Å². The van der Waals surface area contributed by atoms with Crippen molar-refractivity contribution in [2.45, 2.75) is 71.6 Å². The molecule has 0 bridgehead atoms. The molecule has 24 heavy (non-hydrogen) atoms. The van der Waals surface area contributed by atoms with Crippen LogP contribution in [-0.2, 0) is 9.59 Å². The Morgan fingerprint density at radius 1 is 1.08 bits per heavy atom. The molecule has 0 saturated heterocycles. The van der Waals surface area contributed by atoms with Crippen LogP contribution in [0.2, 0.25) is 0 Å². The summed E-state index contributed by atoms with van der Waals surface area (Å²) in [5, 5.41) is 9.36. The second kappa shape index (κ2) is 5.65. The molecule has 0 radical (unpaired) electrons. The van der Waals surface area contributed by atoms with Gasteiger partial charge in [-0.05, 0) is 67.1 Å². The number of rotatable bonds is 2. The van der Waals surface area contributed by atoms with Gasteiger partial charge in [-0.3, -0.25) is 9.59 Å². The summed E-state index contributed by atoms with van der Waals surface area (Å²) < 4.78 is 0. The second-order valence-corrected chi connectivity index (χ2v) is 9.68. The first kappa shape index (κ1) is 16.8. The summed E-state index contributed by atoms with van der Waals surface area (Å²) in [6.45, 7) is 4.21. The molecule has 1 N–H and O–H groups in total. The molecule has 0 aromatic carbocycles. The van der Waals surface area contributed by atoms with Gasteiger partial charge in [0, 0.05) is 18.3 Å². The minimum Gasteiger partial charge on any atom is -0.389 e. The highest BCUT2D eigenvalue weighted by molar-refractivity contribution is 5.88. The Morgan fingerprint density at radius 2 is 1.88 bits per heavy atom. The van der Waals surface area contributed by atoms with Crippen LogP contribution >= 0.6 is 0 Å². The number of fused-ring (bicyclic) bond motifs is 5. The molecule has 0 spiro atoms. The second-order valence-electron chi connectivity index (χ2n) is 9.68. The Labute approximate surface area is 145 Å². The van der Waals surface area contributed by atoms with Gasteiger partial charge < -0.3 is 5.11 Å². The smallest absolute Gasteiger partial charge is 0.161 e. The molecule has 3 nitrogen and oxygen atoms in total. The van der Waals surface area contributed by atoms with E-state index in [0.717, 1.165) is 18.8 Å². The molecule has 4 aliphatic rings. The van der Waals surface area contributed by atoms with Crippen LogP contribution in [0, 0.1) is 40.4 Å². The number of aliphatic hydroxyl groups excluding tert-OH is 1. The summed E-state index contributed by atoms with van der Waals surface area (Å²) in [7, 11) is 0. The van der Waals surface area contributed by atoms with Gasteiger partial charge in [-0.1, -0.05) is 26.7 Å². The molecule has 0 unspecified atom stereocenters. The van der Waals surface area contributed by atoms with Gasteiger partial charge in [0.25, 0.3) is 0 Å². The molecule has 0 heterocycles. The molecule has 4 aliphatic carbocycles. The highest BCUT2D eigenvalue weighted by Crippen LogP contribution is 2.66. The Hall–Kier alpha value is -0.700. The van der Waals surface area contributed by atoms with E-state index in [9.17, 15) is 14.7 Å². The molecule has 0 aromatic heterocycles. The lowest BCUT2D eigenvalue weighted by atomic mass is 9.44. The Kier molecular flexibility index (Phi) is 3.95. The van der Waals surface area contributed by atoms with Crippen molar-refractivity contribution in [1.29, 1.82) is 0 Å². The van der Waals surface area contributed by atoms with E-state index < -0.39 is 0 Å².